The number of para-hydroxylation sites is 4. The third-order valence-corrected chi connectivity index (χ3v) is 14.3. The van der Waals surface area contributed by atoms with Crippen LogP contribution in [-0.2, 0) is 0 Å². The van der Waals surface area contributed by atoms with E-state index < -0.39 is 0 Å². The summed E-state index contributed by atoms with van der Waals surface area (Å²) in [6.07, 6.45) is 0. The summed E-state index contributed by atoms with van der Waals surface area (Å²) in [5.41, 5.74) is 16.8. The molecule has 0 spiro atoms. The number of aromatic nitrogens is 2. The maximum Gasteiger partial charge on any atom is 0.0541 e. The predicted octanol–water partition coefficient (Wildman–Crippen LogP) is 18.0. The minimum atomic E-state index is 1.16. The maximum atomic E-state index is 2.47. The number of rotatable bonds is 6. The molecule has 0 saturated heterocycles. The van der Waals surface area contributed by atoms with Gasteiger partial charge < -0.3 is 9.13 Å². The predicted molar refractivity (Wildman–Crippen MR) is 289 cm³/mol. The molecule has 68 heavy (non-hydrogen) atoms. The molecule has 14 rings (SSSR count). The summed E-state index contributed by atoms with van der Waals surface area (Å²) < 4.78 is 4.79. The fourth-order valence-corrected chi connectivity index (χ4v) is 11.2. The summed E-state index contributed by atoms with van der Waals surface area (Å²) in [5.74, 6) is 0. The van der Waals surface area contributed by atoms with Crippen LogP contribution in [-0.4, -0.2) is 9.13 Å². The molecule has 0 saturated carbocycles. The molecule has 316 valence electrons. The topological polar surface area (TPSA) is 9.86 Å². The first-order valence-corrected chi connectivity index (χ1v) is 23.5. The van der Waals surface area contributed by atoms with E-state index in [4.69, 9.17) is 0 Å². The summed E-state index contributed by atoms with van der Waals surface area (Å²) in [7, 11) is 0. The standard InChI is InChI=1S/C66H42N2/c1-4-16-43(17-5-1)45-32-30-44-31-33-48(39-49(44)38-45)66-56-26-14-24-52(46-34-36-64-60(40-46)54-22-10-12-28-62(54)67(64)50-18-6-2-7-19-50)58(56)42-59-53(25-15-27-57(59)66)47-35-37-65-61(41-47)55-23-11-13-29-63(55)68(65)51-20-8-3-9-21-51/h1-42H. The van der Waals surface area contributed by atoms with Gasteiger partial charge in [-0.3, -0.25) is 0 Å². The highest BCUT2D eigenvalue weighted by molar-refractivity contribution is 6.21. The second kappa shape index (κ2) is 15.3. The summed E-state index contributed by atoms with van der Waals surface area (Å²) in [6.45, 7) is 0. The lowest BCUT2D eigenvalue weighted by atomic mass is 9.85. The molecule has 2 heterocycles. The molecule has 0 bridgehead atoms. The highest BCUT2D eigenvalue weighted by Crippen LogP contribution is 2.46. The van der Waals surface area contributed by atoms with Crippen molar-refractivity contribution in [1.29, 1.82) is 0 Å². The van der Waals surface area contributed by atoms with Crippen LogP contribution in [0, 0.1) is 0 Å². The first-order chi connectivity index (χ1) is 33.7. The smallest absolute Gasteiger partial charge is 0.0541 e. The van der Waals surface area contributed by atoms with Gasteiger partial charge >= 0.3 is 0 Å². The normalized spacial score (nSPS) is 11.8. The van der Waals surface area contributed by atoms with Crippen LogP contribution >= 0.6 is 0 Å². The van der Waals surface area contributed by atoms with Crippen molar-refractivity contribution < 1.29 is 0 Å². The fraction of sp³-hybridized carbons (Fsp3) is 0. The summed E-state index contributed by atoms with van der Waals surface area (Å²) in [6, 6.07) is 94.0. The molecule has 0 atom stereocenters. The van der Waals surface area contributed by atoms with Crippen LogP contribution in [0.3, 0.4) is 0 Å². The van der Waals surface area contributed by atoms with Gasteiger partial charge in [0, 0.05) is 32.9 Å². The molecule has 0 aliphatic carbocycles. The molecule has 0 aliphatic heterocycles. The van der Waals surface area contributed by atoms with Crippen molar-refractivity contribution in [2.24, 2.45) is 0 Å². The lowest BCUT2D eigenvalue weighted by molar-refractivity contribution is 1.18. The Morgan fingerprint density at radius 3 is 1.18 bits per heavy atom. The van der Waals surface area contributed by atoms with Gasteiger partial charge in [-0.05, 0) is 156 Å². The quantitative estimate of drug-likeness (QED) is 0.147. The highest BCUT2D eigenvalue weighted by Gasteiger charge is 2.20. The van der Waals surface area contributed by atoms with E-state index in [0.29, 0.717) is 0 Å². The molecular formula is C66H42N2. The largest absolute Gasteiger partial charge is 0.309 e. The third-order valence-electron chi connectivity index (χ3n) is 14.3. The molecular weight excluding hydrogens is 821 g/mol. The number of hydrogen-bond donors (Lipinski definition) is 0. The Balaban J connectivity index is 1.03. The van der Waals surface area contributed by atoms with E-state index in [1.165, 1.54) is 120 Å². The van der Waals surface area contributed by atoms with Gasteiger partial charge in [-0.2, -0.15) is 0 Å². The van der Waals surface area contributed by atoms with Gasteiger partial charge in [0.25, 0.3) is 0 Å². The van der Waals surface area contributed by atoms with Gasteiger partial charge in [-0.25, -0.2) is 0 Å². The second-order valence-electron chi connectivity index (χ2n) is 18.0. The minimum absolute atomic E-state index is 1.16. The number of hydrogen-bond acceptors (Lipinski definition) is 0. The molecule has 0 fully saturated rings. The second-order valence-corrected chi connectivity index (χ2v) is 18.0. The minimum Gasteiger partial charge on any atom is -0.309 e. The average molecular weight is 863 g/mol. The van der Waals surface area contributed by atoms with Crippen molar-refractivity contribution in [3.63, 3.8) is 0 Å². The molecule has 0 amide bonds. The van der Waals surface area contributed by atoms with Gasteiger partial charge in [-0.15, -0.1) is 0 Å². The van der Waals surface area contributed by atoms with Crippen molar-refractivity contribution >= 4 is 75.9 Å². The molecule has 2 heteroatoms. The lowest BCUT2D eigenvalue weighted by Crippen LogP contribution is -1.93. The zero-order valence-electron chi connectivity index (χ0n) is 37.1. The molecule has 2 aromatic heterocycles. The Bertz CT molecular complexity index is 4080. The molecule has 12 aromatic carbocycles. The van der Waals surface area contributed by atoms with Gasteiger partial charge in [0.15, 0.2) is 0 Å². The summed E-state index contributed by atoms with van der Waals surface area (Å²) >= 11 is 0. The fourth-order valence-electron chi connectivity index (χ4n) is 11.2. The summed E-state index contributed by atoms with van der Waals surface area (Å²) in [5, 5.41) is 12.4. The maximum absolute atomic E-state index is 2.47. The average Bonchev–Trinajstić information content (AvgIpc) is 3.92. The Labute approximate surface area is 393 Å². The van der Waals surface area contributed by atoms with E-state index in [1.807, 2.05) is 0 Å². The van der Waals surface area contributed by atoms with Crippen molar-refractivity contribution in [2.45, 2.75) is 0 Å². The van der Waals surface area contributed by atoms with E-state index in [0.717, 1.165) is 11.4 Å². The lowest BCUT2D eigenvalue weighted by Gasteiger charge is -2.18. The SMILES string of the molecule is c1ccc(-c2ccc3ccc(-c4c5cccc(-c6ccc7c(c6)c6ccccc6n7-c6ccccc6)c5cc5c(-c6ccc7c(c6)c6ccccc6n7-c6ccccc6)cccc45)cc3c2)cc1. The van der Waals surface area contributed by atoms with E-state index in [1.54, 1.807) is 0 Å². The van der Waals surface area contributed by atoms with Crippen LogP contribution in [0.1, 0.15) is 0 Å². The zero-order valence-corrected chi connectivity index (χ0v) is 37.1. The third kappa shape index (κ3) is 5.98. The van der Waals surface area contributed by atoms with Crippen molar-refractivity contribution in [1.82, 2.24) is 9.13 Å². The first-order valence-electron chi connectivity index (χ1n) is 23.5. The molecule has 0 unspecified atom stereocenters. The molecule has 14 aromatic rings. The van der Waals surface area contributed by atoms with E-state index in [9.17, 15) is 0 Å². The van der Waals surface area contributed by atoms with Crippen molar-refractivity contribution in [2.75, 3.05) is 0 Å². The first kappa shape index (κ1) is 38.3. The van der Waals surface area contributed by atoms with Crippen molar-refractivity contribution in [3.8, 4) is 55.9 Å². The van der Waals surface area contributed by atoms with Gasteiger partial charge in [0.05, 0.1) is 22.1 Å². The van der Waals surface area contributed by atoms with Crippen LogP contribution in [0.2, 0.25) is 0 Å². The Morgan fingerprint density at radius 1 is 0.206 bits per heavy atom. The van der Waals surface area contributed by atoms with Gasteiger partial charge in [0.2, 0.25) is 0 Å². The Hall–Kier alpha value is -8.98. The van der Waals surface area contributed by atoms with Crippen LogP contribution < -0.4 is 0 Å². The Kier molecular flexibility index (Phi) is 8.62. The van der Waals surface area contributed by atoms with Crippen LogP contribution in [0.5, 0.6) is 0 Å². The van der Waals surface area contributed by atoms with Gasteiger partial charge in [-0.1, -0.05) is 176 Å². The zero-order chi connectivity index (χ0) is 44.7. The van der Waals surface area contributed by atoms with Gasteiger partial charge in [0.1, 0.15) is 0 Å². The number of nitrogens with zero attached hydrogens (tertiary/aromatic N) is 2. The monoisotopic (exact) mass is 862 g/mol. The van der Waals surface area contributed by atoms with Crippen molar-refractivity contribution in [3.05, 3.63) is 255 Å². The Morgan fingerprint density at radius 2 is 0.632 bits per heavy atom. The molecule has 0 N–H and O–H groups in total. The van der Waals surface area contributed by atoms with Crippen LogP contribution in [0.15, 0.2) is 255 Å². The molecule has 0 aliphatic rings. The van der Waals surface area contributed by atoms with Crippen LogP contribution in [0.25, 0.3) is 132 Å². The molecule has 0 radical (unpaired) electrons. The van der Waals surface area contributed by atoms with E-state index >= 15 is 0 Å². The van der Waals surface area contributed by atoms with Crippen LogP contribution in [0.4, 0.5) is 0 Å². The summed E-state index contributed by atoms with van der Waals surface area (Å²) in [4.78, 5) is 0. The highest BCUT2D eigenvalue weighted by atomic mass is 15.0. The number of benzene rings is 12. The van der Waals surface area contributed by atoms with E-state index in [2.05, 4.69) is 264 Å². The molecule has 2 nitrogen and oxygen atoms in total. The number of fused-ring (bicyclic) bond motifs is 9. The van der Waals surface area contributed by atoms with E-state index in [-0.39, 0.29) is 0 Å².